The van der Waals surface area contributed by atoms with Crippen LogP contribution in [-0.4, -0.2) is 30.3 Å². The molecule has 0 N–H and O–H groups in total. The fourth-order valence-corrected chi connectivity index (χ4v) is 1.42. The summed E-state index contributed by atoms with van der Waals surface area (Å²) in [6, 6.07) is 0.227. The van der Waals surface area contributed by atoms with Crippen molar-refractivity contribution in [1.29, 1.82) is 0 Å². The summed E-state index contributed by atoms with van der Waals surface area (Å²) in [7, 11) is 2.01. The van der Waals surface area contributed by atoms with E-state index < -0.39 is 0 Å². The average molecular weight is 157 g/mol. The predicted octanol–water partition coefficient (Wildman–Crippen LogP) is 1.70. The molecule has 11 heavy (non-hydrogen) atoms. The summed E-state index contributed by atoms with van der Waals surface area (Å²) in [6.07, 6.45) is 2.24. The van der Waals surface area contributed by atoms with E-state index in [0.717, 1.165) is 13.0 Å². The van der Waals surface area contributed by atoms with Crippen LogP contribution in [0.25, 0.3) is 0 Å². The molecule has 0 unspecified atom stereocenters. The van der Waals surface area contributed by atoms with Gasteiger partial charge in [0.25, 0.3) is 0 Å². The summed E-state index contributed by atoms with van der Waals surface area (Å²) in [6.45, 7) is 6.76. The van der Waals surface area contributed by atoms with Crippen LogP contribution >= 0.6 is 0 Å². The first kappa shape index (κ1) is 10.6. The molecule has 1 aliphatic rings. The zero-order chi connectivity index (χ0) is 8.85. The van der Waals surface area contributed by atoms with E-state index in [2.05, 4.69) is 4.90 Å². The van der Waals surface area contributed by atoms with Gasteiger partial charge in [0.2, 0.25) is 0 Å². The van der Waals surface area contributed by atoms with Crippen LogP contribution in [0, 0.1) is 0 Å². The van der Waals surface area contributed by atoms with Crippen LogP contribution in [0.2, 0.25) is 0 Å². The molecule has 1 fully saturated rings. The number of ketones is 1. The van der Waals surface area contributed by atoms with Crippen molar-refractivity contribution in [3.63, 3.8) is 0 Å². The number of rotatable bonds is 1. The molecule has 66 valence electrons. The molecular formula is C9H19NO. The second kappa shape index (κ2) is 5.30. The molecule has 1 atom stereocenters. The molecule has 2 nitrogen and oxygen atoms in total. The number of Topliss-reactive ketones (excluding diaryl/α,β-unsaturated/α-hetero) is 1. The van der Waals surface area contributed by atoms with Gasteiger partial charge in [-0.05, 0) is 33.4 Å². The van der Waals surface area contributed by atoms with Crippen LogP contribution < -0.4 is 0 Å². The summed E-state index contributed by atoms with van der Waals surface area (Å²) >= 11 is 0. The Balaban J connectivity index is 0.000000461. The summed E-state index contributed by atoms with van der Waals surface area (Å²) in [4.78, 5) is 12.9. The minimum atomic E-state index is 0.227. The van der Waals surface area contributed by atoms with Gasteiger partial charge in [-0.1, -0.05) is 13.8 Å². The van der Waals surface area contributed by atoms with Crippen molar-refractivity contribution >= 4 is 5.78 Å². The molecule has 1 aliphatic heterocycles. The number of likely N-dealkylation sites (tertiary alicyclic amines) is 1. The largest absolute Gasteiger partial charge is 0.298 e. The third kappa shape index (κ3) is 3.02. The van der Waals surface area contributed by atoms with E-state index in [1.54, 1.807) is 6.92 Å². The minimum Gasteiger partial charge on any atom is -0.298 e. The van der Waals surface area contributed by atoms with Crippen molar-refractivity contribution < 1.29 is 4.79 Å². The highest BCUT2D eigenvalue weighted by Gasteiger charge is 2.23. The Hall–Kier alpha value is -0.370. The molecule has 0 radical (unpaired) electrons. The van der Waals surface area contributed by atoms with Crippen molar-refractivity contribution in [2.45, 2.75) is 39.7 Å². The van der Waals surface area contributed by atoms with Gasteiger partial charge in [-0.15, -0.1) is 0 Å². The van der Waals surface area contributed by atoms with Crippen LogP contribution in [0.4, 0.5) is 0 Å². The summed E-state index contributed by atoms with van der Waals surface area (Å²) in [5.41, 5.74) is 0. The first-order valence-electron chi connectivity index (χ1n) is 4.42. The summed E-state index contributed by atoms with van der Waals surface area (Å²) in [5.74, 6) is 0.315. The molecule has 0 amide bonds. The minimum absolute atomic E-state index is 0.227. The highest BCUT2D eigenvalue weighted by molar-refractivity contribution is 5.81. The Morgan fingerprint density at radius 1 is 1.45 bits per heavy atom. The number of hydrogen-bond donors (Lipinski definition) is 0. The maximum atomic E-state index is 10.8. The van der Waals surface area contributed by atoms with E-state index in [0.29, 0.717) is 5.78 Å². The van der Waals surface area contributed by atoms with E-state index >= 15 is 0 Å². The fraction of sp³-hybridized carbons (Fsp3) is 0.889. The Kier molecular flexibility index (Phi) is 5.12. The standard InChI is InChI=1S/C7H13NO.C2H6/c1-6(9)7-4-3-5-8(7)2;1-2/h7H,3-5H2,1-2H3;1-2H3/t7-;/m0./s1. The van der Waals surface area contributed by atoms with Gasteiger partial charge in [-0.25, -0.2) is 0 Å². The van der Waals surface area contributed by atoms with Gasteiger partial charge >= 0.3 is 0 Å². The molecule has 1 heterocycles. The third-order valence-corrected chi connectivity index (χ3v) is 1.99. The average Bonchev–Trinajstić information content (AvgIpc) is 2.39. The third-order valence-electron chi connectivity index (χ3n) is 1.99. The van der Waals surface area contributed by atoms with Crippen molar-refractivity contribution in [1.82, 2.24) is 4.90 Å². The van der Waals surface area contributed by atoms with Crippen LogP contribution in [0.3, 0.4) is 0 Å². The van der Waals surface area contributed by atoms with Crippen LogP contribution in [0.1, 0.15) is 33.6 Å². The van der Waals surface area contributed by atoms with E-state index in [-0.39, 0.29) is 6.04 Å². The number of nitrogens with zero attached hydrogens (tertiary/aromatic N) is 1. The highest BCUT2D eigenvalue weighted by Crippen LogP contribution is 2.14. The SMILES string of the molecule is CC.CC(=O)[C@@H]1CCCN1C. The quantitative estimate of drug-likeness (QED) is 0.577. The zero-order valence-electron chi connectivity index (χ0n) is 8.05. The van der Waals surface area contributed by atoms with E-state index in [1.807, 2.05) is 20.9 Å². The maximum Gasteiger partial charge on any atom is 0.146 e. The Morgan fingerprint density at radius 2 is 2.00 bits per heavy atom. The van der Waals surface area contributed by atoms with Crippen LogP contribution in [0.5, 0.6) is 0 Å². The summed E-state index contributed by atoms with van der Waals surface area (Å²) < 4.78 is 0. The molecule has 1 saturated heterocycles. The zero-order valence-corrected chi connectivity index (χ0v) is 8.05. The lowest BCUT2D eigenvalue weighted by Crippen LogP contribution is -2.30. The molecule has 0 saturated carbocycles. The van der Waals surface area contributed by atoms with Crippen molar-refractivity contribution in [3.05, 3.63) is 0 Å². The predicted molar refractivity (Wildman–Crippen MR) is 47.7 cm³/mol. The van der Waals surface area contributed by atoms with E-state index in [9.17, 15) is 4.79 Å². The number of likely N-dealkylation sites (N-methyl/N-ethyl adjacent to an activating group) is 1. The number of hydrogen-bond acceptors (Lipinski definition) is 2. The van der Waals surface area contributed by atoms with Crippen molar-refractivity contribution in [2.75, 3.05) is 13.6 Å². The first-order valence-corrected chi connectivity index (χ1v) is 4.42. The van der Waals surface area contributed by atoms with E-state index in [1.165, 1.54) is 6.42 Å². The highest BCUT2D eigenvalue weighted by atomic mass is 16.1. The Morgan fingerprint density at radius 3 is 2.18 bits per heavy atom. The van der Waals surface area contributed by atoms with Gasteiger partial charge in [-0.3, -0.25) is 9.69 Å². The molecule has 0 aromatic rings. The molecule has 2 heteroatoms. The Bertz CT molecular complexity index is 123. The smallest absolute Gasteiger partial charge is 0.146 e. The topological polar surface area (TPSA) is 20.3 Å². The summed E-state index contributed by atoms with van der Waals surface area (Å²) in [5, 5.41) is 0. The lowest BCUT2D eigenvalue weighted by atomic mass is 10.1. The molecule has 1 rings (SSSR count). The maximum absolute atomic E-state index is 10.8. The molecule has 0 aromatic heterocycles. The number of carbonyl (C=O) groups excluding carboxylic acids is 1. The fourth-order valence-electron chi connectivity index (χ4n) is 1.42. The molecule has 0 aliphatic carbocycles. The first-order chi connectivity index (χ1) is 5.22. The van der Waals surface area contributed by atoms with E-state index in [4.69, 9.17) is 0 Å². The van der Waals surface area contributed by atoms with Crippen molar-refractivity contribution in [2.24, 2.45) is 0 Å². The normalized spacial score (nSPS) is 24.2. The monoisotopic (exact) mass is 157 g/mol. The lowest BCUT2D eigenvalue weighted by Gasteiger charge is -2.14. The van der Waals surface area contributed by atoms with Gasteiger partial charge in [0.15, 0.2) is 0 Å². The molecular weight excluding hydrogens is 138 g/mol. The van der Waals surface area contributed by atoms with Gasteiger partial charge < -0.3 is 0 Å². The van der Waals surface area contributed by atoms with Gasteiger partial charge in [0.05, 0.1) is 6.04 Å². The van der Waals surface area contributed by atoms with Gasteiger partial charge in [0.1, 0.15) is 5.78 Å². The van der Waals surface area contributed by atoms with Crippen LogP contribution in [-0.2, 0) is 4.79 Å². The second-order valence-electron chi connectivity index (χ2n) is 2.75. The van der Waals surface area contributed by atoms with Crippen molar-refractivity contribution in [3.8, 4) is 0 Å². The molecule has 0 aromatic carbocycles. The lowest BCUT2D eigenvalue weighted by molar-refractivity contribution is -0.120. The van der Waals surface area contributed by atoms with Gasteiger partial charge in [0, 0.05) is 0 Å². The number of carbonyl (C=O) groups is 1. The second-order valence-corrected chi connectivity index (χ2v) is 2.75. The molecule has 0 spiro atoms. The Labute approximate surface area is 69.6 Å². The van der Waals surface area contributed by atoms with Crippen LogP contribution in [0.15, 0.2) is 0 Å². The molecule has 0 bridgehead atoms. The van der Waals surface area contributed by atoms with Gasteiger partial charge in [-0.2, -0.15) is 0 Å².